The number of benzene rings is 2. The zero-order valence-electron chi connectivity index (χ0n) is 22.0. The molecule has 1 saturated heterocycles. The van der Waals surface area contributed by atoms with Crippen LogP contribution in [0.15, 0.2) is 61.1 Å². The van der Waals surface area contributed by atoms with Gasteiger partial charge in [0.1, 0.15) is 5.56 Å². The summed E-state index contributed by atoms with van der Waals surface area (Å²) in [4.78, 5) is 23.2. The summed E-state index contributed by atoms with van der Waals surface area (Å²) in [6, 6.07) is 12.6. The first-order chi connectivity index (χ1) is 19.2. The van der Waals surface area contributed by atoms with Crippen LogP contribution in [0, 0.1) is 6.92 Å². The first-order valence-corrected chi connectivity index (χ1v) is 12.7. The Balaban J connectivity index is 1.28. The van der Waals surface area contributed by atoms with Crippen molar-refractivity contribution in [3.63, 3.8) is 0 Å². The summed E-state index contributed by atoms with van der Waals surface area (Å²) in [5.41, 5.74) is 2.70. The summed E-state index contributed by atoms with van der Waals surface area (Å²) in [6.45, 7) is 5.90. The number of hydrogen-bond donors (Lipinski definition) is 2. The SMILES string of the molecule is Cc1ccc(CN2CCOCC2)cc1NC(=O)c1ccc(Nc2ncc(C(F)(F)F)c(-c3cnn(C)c3)n2)cc1. The molecule has 40 heavy (non-hydrogen) atoms. The summed E-state index contributed by atoms with van der Waals surface area (Å²) < 4.78 is 47.5. The molecule has 0 saturated carbocycles. The van der Waals surface area contributed by atoms with Crippen molar-refractivity contribution in [1.29, 1.82) is 0 Å². The van der Waals surface area contributed by atoms with Crippen LogP contribution in [-0.4, -0.2) is 56.9 Å². The summed E-state index contributed by atoms with van der Waals surface area (Å²) >= 11 is 0. The standard InChI is InChI=1S/C28H28F3N7O2/c1-18-3-4-19(16-38-9-11-40-12-10-38)13-24(18)35-26(39)20-5-7-22(8-6-20)34-27-32-15-23(28(29,30)31)25(36-27)21-14-33-37(2)17-21/h3-8,13-15,17H,9-12,16H2,1-2H3,(H,35,39)(H,32,34,36). The number of nitrogens with one attached hydrogen (secondary N) is 2. The van der Waals surface area contributed by atoms with Crippen molar-refractivity contribution in [3.05, 3.63) is 83.3 Å². The third kappa shape index (κ3) is 6.46. The number of morpholine rings is 1. The second-order valence-corrected chi connectivity index (χ2v) is 9.55. The average molecular weight is 552 g/mol. The molecule has 4 aromatic rings. The largest absolute Gasteiger partial charge is 0.419 e. The van der Waals surface area contributed by atoms with Crippen molar-refractivity contribution in [1.82, 2.24) is 24.6 Å². The molecule has 1 aliphatic rings. The van der Waals surface area contributed by atoms with Gasteiger partial charge in [0.15, 0.2) is 0 Å². The number of nitrogens with zero attached hydrogens (tertiary/aromatic N) is 5. The fourth-order valence-corrected chi connectivity index (χ4v) is 4.36. The van der Waals surface area contributed by atoms with Gasteiger partial charge < -0.3 is 15.4 Å². The predicted octanol–water partition coefficient (Wildman–Crippen LogP) is 5.03. The molecule has 5 rings (SSSR count). The van der Waals surface area contributed by atoms with Gasteiger partial charge in [-0.3, -0.25) is 14.4 Å². The number of rotatable bonds is 7. The van der Waals surface area contributed by atoms with E-state index in [1.807, 2.05) is 19.1 Å². The number of aromatic nitrogens is 4. The summed E-state index contributed by atoms with van der Waals surface area (Å²) in [5, 5.41) is 9.83. The first-order valence-electron chi connectivity index (χ1n) is 12.7. The molecule has 208 valence electrons. The molecule has 1 aliphatic heterocycles. The number of alkyl halides is 3. The van der Waals surface area contributed by atoms with Crippen LogP contribution in [0.3, 0.4) is 0 Å². The molecule has 1 fully saturated rings. The monoisotopic (exact) mass is 551 g/mol. The average Bonchev–Trinajstić information content (AvgIpc) is 3.37. The molecule has 0 radical (unpaired) electrons. The van der Waals surface area contributed by atoms with E-state index in [1.54, 1.807) is 31.3 Å². The van der Waals surface area contributed by atoms with E-state index in [0.717, 1.165) is 55.9 Å². The molecule has 0 unspecified atom stereocenters. The Kier molecular flexibility index (Phi) is 7.81. The molecular weight excluding hydrogens is 523 g/mol. The second-order valence-electron chi connectivity index (χ2n) is 9.55. The minimum Gasteiger partial charge on any atom is -0.379 e. The number of carbonyl (C=O) groups is 1. The topological polar surface area (TPSA) is 97.2 Å². The quantitative estimate of drug-likeness (QED) is 0.333. The molecule has 0 aliphatic carbocycles. The Morgan fingerprint density at radius 3 is 2.50 bits per heavy atom. The molecule has 2 aromatic heterocycles. The zero-order chi connectivity index (χ0) is 28.3. The highest BCUT2D eigenvalue weighted by molar-refractivity contribution is 6.04. The lowest BCUT2D eigenvalue weighted by Crippen LogP contribution is -2.35. The molecule has 0 atom stereocenters. The number of ether oxygens (including phenoxy) is 1. The van der Waals surface area contributed by atoms with Crippen molar-refractivity contribution in [2.24, 2.45) is 7.05 Å². The predicted molar refractivity (Wildman–Crippen MR) is 144 cm³/mol. The maximum absolute atomic E-state index is 13.6. The van der Waals surface area contributed by atoms with Crippen LogP contribution < -0.4 is 10.6 Å². The molecule has 9 nitrogen and oxygen atoms in total. The van der Waals surface area contributed by atoms with Gasteiger partial charge in [-0.05, 0) is 48.4 Å². The second kappa shape index (κ2) is 11.4. The Bertz CT molecular complexity index is 1500. The maximum atomic E-state index is 13.6. The molecule has 12 heteroatoms. The van der Waals surface area contributed by atoms with Gasteiger partial charge in [0.2, 0.25) is 5.95 Å². The molecule has 0 bridgehead atoms. The van der Waals surface area contributed by atoms with Gasteiger partial charge in [-0.1, -0.05) is 12.1 Å². The van der Waals surface area contributed by atoms with Crippen LogP contribution in [0.4, 0.5) is 30.5 Å². The molecule has 0 spiro atoms. The van der Waals surface area contributed by atoms with Crippen LogP contribution in [0.5, 0.6) is 0 Å². The third-order valence-electron chi connectivity index (χ3n) is 6.54. The smallest absolute Gasteiger partial charge is 0.379 e. The number of anilines is 3. The van der Waals surface area contributed by atoms with Gasteiger partial charge >= 0.3 is 6.18 Å². The molecule has 3 heterocycles. The third-order valence-corrected chi connectivity index (χ3v) is 6.54. The van der Waals surface area contributed by atoms with Gasteiger partial charge in [0, 0.05) is 61.6 Å². The lowest BCUT2D eigenvalue weighted by molar-refractivity contribution is -0.137. The highest BCUT2D eigenvalue weighted by Crippen LogP contribution is 2.36. The highest BCUT2D eigenvalue weighted by Gasteiger charge is 2.35. The van der Waals surface area contributed by atoms with Crippen LogP contribution in [0.1, 0.15) is 27.0 Å². The Morgan fingerprint density at radius 1 is 1.07 bits per heavy atom. The van der Waals surface area contributed by atoms with Gasteiger partial charge in [0.05, 0.1) is 25.1 Å². The lowest BCUT2D eigenvalue weighted by atomic mass is 10.1. The van der Waals surface area contributed by atoms with E-state index < -0.39 is 11.7 Å². The first kappa shape index (κ1) is 27.3. The van der Waals surface area contributed by atoms with E-state index in [4.69, 9.17) is 4.74 Å². The van der Waals surface area contributed by atoms with Gasteiger partial charge in [-0.25, -0.2) is 9.97 Å². The van der Waals surface area contributed by atoms with E-state index in [-0.39, 0.29) is 23.1 Å². The Morgan fingerprint density at radius 2 is 1.82 bits per heavy atom. The minimum absolute atomic E-state index is 0.0169. The number of amides is 1. The van der Waals surface area contributed by atoms with Crippen molar-refractivity contribution in [2.75, 3.05) is 36.9 Å². The molecule has 2 aromatic carbocycles. The van der Waals surface area contributed by atoms with E-state index in [1.165, 1.54) is 17.1 Å². The number of carbonyl (C=O) groups excluding carboxylic acids is 1. The minimum atomic E-state index is -4.63. The molecule has 1 amide bonds. The fraction of sp³-hybridized carbons (Fsp3) is 0.286. The van der Waals surface area contributed by atoms with Crippen molar-refractivity contribution in [3.8, 4) is 11.3 Å². The Labute approximate surface area is 229 Å². The maximum Gasteiger partial charge on any atom is 0.419 e. The fourth-order valence-electron chi connectivity index (χ4n) is 4.36. The summed E-state index contributed by atoms with van der Waals surface area (Å²) in [5.74, 6) is -0.292. The van der Waals surface area contributed by atoms with E-state index in [9.17, 15) is 18.0 Å². The lowest BCUT2D eigenvalue weighted by Gasteiger charge is -2.26. The highest BCUT2D eigenvalue weighted by atomic mass is 19.4. The number of aryl methyl sites for hydroxylation is 2. The van der Waals surface area contributed by atoms with Crippen LogP contribution >= 0.6 is 0 Å². The summed E-state index contributed by atoms with van der Waals surface area (Å²) in [6.07, 6.45) is -1.11. The van der Waals surface area contributed by atoms with E-state index in [0.29, 0.717) is 11.3 Å². The van der Waals surface area contributed by atoms with Crippen molar-refractivity contribution >= 4 is 23.2 Å². The van der Waals surface area contributed by atoms with E-state index in [2.05, 4.69) is 36.7 Å². The van der Waals surface area contributed by atoms with Gasteiger partial charge in [-0.15, -0.1) is 0 Å². The van der Waals surface area contributed by atoms with Crippen molar-refractivity contribution < 1.29 is 22.7 Å². The van der Waals surface area contributed by atoms with Crippen LogP contribution in [-0.2, 0) is 24.5 Å². The zero-order valence-corrected chi connectivity index (χ0v) is 22.0. The van der Waals surface area contributed by atoms with Gasteiger partial charge in [-0.2, -0.15) is 18.3 Å². The Hall–Kier alpha value is -4.29. The van der Waals surface area contributed by atoms with Crippen LogP contribution in [0.2, 0.25) is 0 Å². The van der Waals surface area contributed by atoms with Crippen molar-refractivity contribution in [2.45, 2.75) is 19.6 Å². The number of halogens is 3. The molecular formula is C28H28F3N7O2. The van der Waals surface area contributed by atoms with Gasteiger partial charge in [0.25, 0.3) is 5.91 Å². The van der Waals surface area contributed by atoms with E-state index >= 15 is 0 Å². The number of hydrogen-bond acceptors (Lipinski definition) is 7. The normalized spacial score (nSPS) is 14.2. The molecule has 2 N–H and O–H groups in total. The van der Waals surface area contributed by atoms with Crippen LogP contribution in [0.25, 0.3) is 11.3 Å². The summed E-state index contributed by atoms with van der Waals surface area (Å²) in [7, 11) is 1.61.